The lowest BCUT2D eigenvalue weighted by Crippen LogP contribution is -2.59. The molecule has 1 aromatic carbocycles. The number of carbonyl (C=O) groups excluding carboxylic acids is 1. The lowest BCUT2D eigenvalue weighted by molar-refractivity contribution is -0.178. The van der Waals surface area contributed by atoms with Crippen LogP contribution in [-0.2, 0) is 5.54 Å². The molecule has 130 valence electrons. The summed E-state index contributed by atoms with van der Waals surface area (Å²) in [7, 11) is 0. The van der Waals surface area contributed by atoms with E-state index in [-0.39, 0.29) is 11.6 Å². The molecule has 0 saturated heterocycles. The Labute approximate surface area is 142 Å². The Morgan fingerprint density at radius 3 is 2.56 bits per heavy atom. The minimum atomic E-state index is -4.95. The first kappa shape index (κ1) is 17.2. The van der Waals surface area contributed by atoms with E-state index >= 15 is 0 Å². The molecule has 0 radical (unpaired) electrons. The summed E-state index contributed by atoms with van der Waals surface area (Å²) in [6.07, 6.45) is -1.03. The first-order valence-corrected chi connectivity index (χ1v) is 7.80. The number of fused-ring (bicyclic) bond motifs is 1. The number of benzene rings is 1. The molecule has 2 N–H and O–H groups in total. The van der Waals surface area contributed by atoms with Crippen LogP contribution in [0.5, 0.6) is 0 Å². The van der Waals surface area contributed by atoms with Crippen molar-refractivity contribution in [3.63, 3.8) is 0 Å². The monoisotopic (exact) mass is 350 g/mol. The van der Waals surface area contributed by atoms with Crippen molar-refractivity contribution in [3.8, 4) is 23.7 Å². The number of amides is 2. The topological polar surface area (TPSA) is 41.1 Å². The summed E-state index contributed by atoms with van der Waals surface area (Å²) in [6, 6.07) is 1.71. The summed E-state index contributed by atoms with van der Waals surface area (Å²) in [5, 5.41) is 4.03. The lowest BCUT2D eigenvalue weighted by atomic mass is 9.86. The maximum Gasteiger partial charge on any atom is 0.427 e. The second-order valence-electron chi connectivity index (χ2n) is 6.02. The van der Waals surface area contributed by atoms with E-state index in [0.29, 0.717) is 6.07 Å². The fourth-order valence-corrected chi connectivity index (χ4v) is 3.05. The molecule has 2 aliphatic rings. The van der Waals surface area contributed by atoms with Gasteiger partial charge in [-0.3, -0.25) is 0 Å². The molecule has 0 spiro atoms. The third-order valence-corrected chi connectivity index (χ3v) is 4.30. The van der Waals surface area contributed by atoms with E-state index in [1.165, 1.54) is 0 Å². The van der Waals surface area contributed by atoms with Crippen molar-refractivity contribution in [1.82, 2.24) is 5.32 Å². The van der Waals surface area contributed by atoms with E-state index < -0.39 is 29.1 Å². The van der Waals surface area contributed by atoms with E-state index in [1.807, 2.05) is 5.92 Å². The van der Waals surface area contributed by atoms with Crippen LogP contribution in [0.25, 0.3) is 0 Å². The highest BCUT2D eigenvalue weighted by molar-refractivity contribution is 5.94. The Bertz CT molecular complexity index is 819. The number of urea groups is 1. The highest BCUT2D eigenvalue weighted by Gasteiger charge is 2.59. The normalized spacial score (nSPS) is 22.6. The van der Waals surface area contributed by atoms with E-state index in [0.717, 1.165) is 37.8 Å². The van der Waals surface area contributed by atoms with Gasteiger partial charge in [0, 0.05) is 17.2 Å². The van der Waals surface area contributed by atoms with Gasteiger partial charge < -0.3 is 10.6 Å². The van der Waals surface area contributed by atoms with Crippen LogP contribution in [-0.4, -0.2) is 12.2 Å². The van der Waals surface area contributed by atoms with Crippen molar-refractivity contribution in [3.05, 3.63) is 29.6 Å². The second-order valence-corrected chi connectivity index (χ2v) is 6.02. The van der Waals surface area contributed by atoms with Crippen LogP contribution in [0, 0.1) is 35.4 Å². The van der Waals surface area contributed by atoms with Crippen molar-refractivity contribution >= 4 is 11.7 Å². The molecule has 1 aromatic rings. The fraction of sp³-hybridized carbons (Fsp3) is 0.389. The number of anilines is 1. The Kier molecular flexibility index (Phi) is 4.34. The molecule has 3 rings (SSSR count). The average Bonchev–Trinajstić information content (AvgIpc) is 3.04. The lowest BCUT2D eigenvalue weighted by Gasteiger charge is -2.37. The van der Waals surface area contributed by atoms with Gasteiger partial charge >= 0.3 is 12.2 Å². The highest BCUT2D eigenvalue weighted by Crippen LogP contribution is 2.43. The summed E-state index contributed by atoms with van der Waals surface area (Å²) >= 11 is 0. The number of nitrogens with one attached hydrogen (secondary N) is 2. The van der Waals surface area contributed by atoms with Gasteiger partial charge in [-0.2, -0.15) is 13.2 Å². The van der Waals surface area contributed by atoms with Crippen LogP contribution in [0.1, 0.15) is 31.2 Å². The van der Waals surface area contributed by atoms with Crippen LogP contribution < -0.4 is 10.6 Å². The quantitative estimate of drug-likeness (QED) is 0.541. The zero-order chi connectivity index (χ0) is 18.1. The molecule has 1 fully saturated rings. The van der Waals surface area contributed by atoms with Crippen LogP contribution in [0.15, 0.2) is 18.2 Å². The molecule has 1 aliphatic heterocycles. The molecule has 3 nitrogen and oxygen atoms in total. The smallest absolute Gasteiger partial charge is 0.310 e. The molecule has 7 heteroatoms. The molecule has 1 saturated carbocycles. The van der Waals surface area contributed by atoms with E-state index in [2.05, 4.69) is 23.1 Å². The average molecular weight is 350 g/mol. The summed E-state index contributed by atoms with van der Waals surface area (Å²) in [5.41, 5.74) is -3.63. The van der Waals surface area contributed by atoms with Gasteiger partial charge in [0.15, 0.2) is 0 Å². The van der Waals surface area contributed by atoms with E-state index in [9.17, 15) is 22.4 Å². The Balaban J connectivity index is 2.06. The highest BCUT2D eigenvalue weighted by atomic mass is 19.4. The largest absolute Gasteiger partial charge is 0.427 e. The number of carbonyl (C=O) groups is 1. The van der Waals surface area contributed by atoms with Gasteiger partial charge in [-0.25, -0.2) is 9.18 Å². The van der Waals surface area contributed by atoms with Gasteiger partial charge in [-0.15, -0.1) is 0 Å². The molecule has 1 aliphatic carbocycles. The Morgan fingerprint density at radius 2 is 1.88 bits per heavy atom. The number of alkyl halides is 3. The third-order valence-electron chi connectivity index (χ3n) is 4.30. The Morgan fingerprint density at radius 1 is 1.16 bits per heavy atom. The van der Waals surface area contributed by atoms with Crippen LogP contribution in [0.3, 0.4) is 0 Å². The Hall–Kier alpha value is -2.67. The molecular formula is C18H14F4N2O. The van der Waals surface area contributed by atoms with Crippen LogP contribution in [0.2, 0.25) is 0 Å². The third kappa shape index (κ3) is 3.28. The summed E-state index contributed by atoms with van der Waals surface area (Å²) in [5.74, 6) is 8.82. The van der Waals surface area contributed by atoms with E-state index in [4.69, 9.17) is 0 Å². The minimum Gasteiger partial charge on any atom is -0.310 e. The predicted octanol–water partition coefficient (Wildman–Crippen LogP) is 3.92. The van der Waals surface area contributed by atoms with Crippen LogP contribution in [0.4, 0.5) is 28.0 Å². The predicted molar refractivity (Wildman–Crippen MR) is 83.8 cm³/mol. The number of hydrogen-bond acceptors (Lipinski definition) is 1. The summed E-state index contributed by atoms with van der Waals surface area (Å²) < 4.78 is 54.9. The molecule has 25 heavy (non-hydrogen) atoms. The standard InChI is InChI=1S/C18H14F4N2O/c19-13-8-9-15-14(11-13)17(18(20,21)22,24-16(25)23-15)10-4-3-7-12-5-1-2-6-12/h8-9,11-12H,1-2,5-6H2,(H2,23,24,25)/t17-/m0/s1. The van der Waals surface area contributed by atoms with Crippen molar-refractivity contribution in [2.75, 3.05) is 5.32 Å². The zero-order valence-electron chi connectivity index (χ0n) is 13.1. The van der Waals surface area contributed by atoms with Crippen molar-refractivity contribution in [2.24, 2.45) is 5.92 Å². The molecule has 0 unspecified atom stereocenters. The van der Waals surface area contributed by atoms with E-state index in [1.54, 1.807) is 5.32 Å². The van der Waals surface area contributed by atoms with Crippen molar-refractivity contribution in [2.45, 2.75) is 37.4 Å². The molecular weight excluding hydrogens is 336 g/mol. The summed E-state index contributed by atoms with van der Waals surface area (Å²) in [6.45, 7) is 0. The zero-order valence-corrected chi connectivity index (χ0v) is 13.1. The molecule has 0 aromatic heterocycles. The van der Waals surface area contributed by atoms with Gasteiger partial charge in [-0.05, 0) is 48.8 Å². The van der Waals surface area contributed by atoms with Gasteiger partial charge in [0.1, 0.15) is 5.82 Å². The SMILES string of the molecule is O=C1Nc2ccc(F)cc2[C@@](C#CC#CC2CCCC2)(C(F)(F)F)N1. The minimum absolute atomic E-state index is 0.138. The van der Waals surface area contributed by atoms with Crippen molar-refractivity contribution in [1.29, 1.82) is 0 Å². The van der Waals surface area contributed by atoms with Gasteiger partial charge in [0.05, 0.1) is 0 Å². The van der Waals surface area contributed by atoms with Gasteiger partial charge in [0.25, 0.3) is 0 Å². The molecule has 2 amide bonds. The molecule has 1 atom stereocenters. The second kappa shape index (κ2) is 6.33. The number of rotatable bonds is 0. The van der Waals surface area contributed by atoms with Gasteiger partial charge in [0.2, 0.25) is 5.54 Å². The molecule has 1 heterocycles. The fourth-order valence-electron chi connectivity index (χ4n) is 3.05. The first-order valence-electron chi connectivity index (χ1n) is 7.80. The maximum absolute atomic E-state index is 13.8. The molecule has 0 bridgehead atoms. The van der Waals surface area contributed by atoms with Gasteiger partial charge in [-0.1, -0.05) is 18.8 Å². The number of halogens is 4. The summed E-state index contributed by atoms with van der Waals surface area (Å²) in [4.78, 5) is 11.7. The number of hydrogen-bond donors (Lipinski definition) is 2. The van der Waals surface area contributed by atoms with Crippen molar-refractivity contribution < 1.29 is 22.4 Å². The van der Waals surface area contributed by atoms with Crippen LogP contribution >= 0.6 is 0 Å². The maximum atomic E-state index is 13.8. The first-order chi connectivity index (χ1) is 11.8.